The summed E-state index contributed by atoms with van der Waals surface area (Å²) in [6.07, 6.45) is 3.79. The molecular formula is C19H23N3O4S. The molecular weight excluding hydrogens is 366 g/mol. The van der Waals surface area contributed by atoms with Gasteiger partial charge in [-0.2, -0.15) is 0 Å². The predicted molar refractivity (Wildman–Crippen MR) is 97.9 cm³/mol. The molecule has 1 aromatic heterocycles. The number of carbonyl (C=O) groups is 1. The lowest BCUT2D eigenvalue weighted by atomic mass is 9.96. The van der Waals surface area contributed by atoms with Crippen molar-refractivity contribution in [3.05, 3.63) is 42.1 Å². The number of likely N-dealkylation sites (tertiary alicyclic amines) is 1. The Labute approximate surface area is 158 Å². The highest BCUT2D eigenvalue weighted by atomic mass is 32.2. The van der Waals surface area contributed by atoms with Crippen molar-refractivity contribution in [2.75, 3.05) is 18.8 Å². The molecule has 144 valence electrons. The van der Waals surface area contributed by atoms with Crippen LogP contribution in [0.3, 0.4) is 0 Å². The molecule has 0 unspecified atom stereocenters. The van der Waals surface area contributed by atoms with Gasteiger partial charge in [-0.1, -0.05) is 18.2 Å². The fourth-order valence-corrected chi connectivity index (χ4v) is 4.66. The van der Waals surface area contributed by atoms with Crippen molar-refractivity contribution in [1.82, 2.24) is 15.1 Å². The first-order valence-electron chi connectivity index (χ1n) is 9.42. The summed E-state index contributed by atoms with van der Waals surface area (Å²) in [6.45, 7) is 1.19. The number of hydrogen-bond donors (Lipinski definition) is 0. The Kier molecular flexibility index (Phi) is 4.99. The van der Waals surface area contributed by atoms with Crippen LogP contribution in [0.5, 0.6) is 0 Å². The van der Waals surface area contributed by atoms with Crippen molar-refractivity contribution in [2.45, 2.75) is 48.8 Å². The van der Waals surface area contributed by atoms with Crippen molar-refractivity contribution in [3.8, 4) is 0 Å². The first-order valence-corrected chi connectivity index (χ1v) is 11.1. The second-order valence-electron chi connectivity index (χ2n) is 7.29. The number of hydrogen-bond acceptors (Lipinski definition) is 6. The van der Waals surface area contributed by atoms with E-state index < -0.39 is 9.84 Å². The summed E-state index contributed by atoms with van der Waals surface area (Å²) >= 11 is 0. The topological polar surface area (TPSA) is 93.4 Å². The average molecular weight is 389 g/mol. The molecule has 2 aliphatic rings. The molecule has 2 fully saturated rings. The van der Waals surface area contributed by atoms with E-state index in [0.29, 0.717) is 24.9 Å². The first kappa shape index (κ1) is 18.2. The number of rotatable bonds is 6. The van der Waals surface area contributed by atoms with Crippen molar-refractivity contribution in [3.63, 3.8) is 0 Å². The van der Waals surface area contributed by atoms with Crippen molar-refractivity contribution < 1.29 is 17.6 Å². The highest BCUT2D eigenvalue weighted by molar-refractivity contribution is 7.91. The molecule has 4 rings (SSSR count). The van der Waals surface area contributed by atoms with Crippen molar-refractivity contribution >= 4 is 15.7 Å². The van der Waals surface area contributed by atoms with Gasteiger partial charge in [-0.3, -0.25) is 4.79 Å². The van der Waals surface area contributed by atoms with Crippen LogP contribution in [0.2, 0.25) is 0 Å². The SMILES string of the molecule is O=C(CCS(=O)(=O)c1ccccc1)N1CCC(c2nnc(C3CC3)o2)CC1. The first-order chi connectivity index (χ1) is 13.0. The third-order valence-corrected chi connectivity index (χ3v) is 7.00. The molecule has 0 radical (unpaired) electrons. The fourth-order valence-electron chi connectivity index (χ4n) is 3.41. The van der Waals surface area contributed by atoms with Gasteiger partial charge in [0.1, 0.15) is 0 Å². The van der Waals surface area contributed by atoms with E-state index in [9.17, 15) is 13.2 Å². The minimum absolute atomic E-state index is 0.00821. The smallest absolute Gasteiger partial charge is 0.223 e. The standard InChI is InChI=1S/C19H23N3O4S/c23-17(10-13-27(24,25)16-4-2-1-3-5-16)22-11-8-15(9-12-22)19-21-20-18(26-19)14-6-7-14/h1-5,14-15H,6-13H2. The van der Waals surface area contributed by atoms with Crippen molar-refractivity contribution in [1.29, 1.82) is 0 Å². The normalized spacial score (nSPS) is 18.6. The van der Waals surface area contributed by atoms with E-state index in [1.54, 1.807) is 35.2 Å². The summed E-state index contributed by atoms with van der Waals surface area (Å²) in [5.74, 6) is 1.77. The van der Waals surface area contributed by atoms with Gasteiger partial charge in [0.2, 0.25) is 17.7 Å². The Morgan fingerprint density at radius 1 is 1.00 bits per heavy atom. The minimum atomic E-state index is -3.43. The Hall–Kier alpha value is -2.22. The Morgan fingerprint density at radius 3 is 2.19 bits per heavy atom. The summed E-state index contributed by atoms with van der Waals surface area (Å²) in [6, 6.07) is 8.26. The lowest BCUT2D eigenvalue weighted by Crippen LogP contribution is -2.38. The Balaban J connectivity index is 1.28. The summed E-state index contributed by atoms with van der Waals surface area (Å²) in [4.78, 5) is 14.4. The lowest BCUT2D eigenvalue weighted by Gasteiger charge is -2.30. The maximum Gasteiger partial charge on any atom is 0.223 e. The van der Waals surface area contributed by atoms with Gasteiger partial charge in [-0.15, -0.1) is 10.2 Å². The molecule has 1 saturated heterocycles. The predicted octanol–water partition coefficient (Wildman–Crippen LogP) is 2.52. The maximum atomic E-state index is 12.4. The largest absolute Gasteiger partial charge is 0.425 e. The zero-order valence-corrected chi connectivity index (χ0v) is 15.9. The third kappa shape index (κ3) is 4.21. The van der Waals surface area contributed by atoms with E-state index in [1.165, 1.54) is 0 Å². The Morgan fingerprint density at radius 2 is 1.59 bits per heavy atom. The number of sulfone groups is 1. The van der Waals surface area contributed by atoms with E-state index in [-0.39, 0.29) is 28.9 Å². The van der Waals surface area contributed by atoms with Crippen LogP contribution in [-0.4, -0.2) is 48.3 Å². The molecule has 1 aliphatic carbocycles. The highest BCUT2D eigenvalue weighted by Crippen LogP contribution is 2.40. The maximum absolute atomic E-state index is 12.4. The molecule has 1 aromatic carbocycles. The molecule has 0 atom stereocenters. The number of nitrogens with zero attached hydrogens (tertiary/aromatic N) is 3. The summed E-state index contributed by atoms with van der Waals surface area (Å²) in [5, 5.41) is 8.30. The van der Waals surface area contributed by atoms with E-state index in [0.717, 1.165) is 31.6 Å². The van der Waals surface area contributed by atoms with Crippen LogP contribution in [-0.2, 0) is 14.6 Å². The van der Waals surface area contributed by atoms with Gasteiger partial charge in [-0.25, -0.2) is 8.42 Å². The van der Waals surface area contributed by atoms with Gasteiger partial charge >= 0.3 is 0 Å². The van der Waals surface area contributed by atoms with Gasteiger partial charge < -0.3 is 9.32 Å². The van der Waals surface area contributed by atoms with Crippen LogP contribution in [0, 0.1) is 0 Å². The van der Waals surface area contributed by atoms with Crippen LogP contribution in [0.1, 0.15) is 55.7 Å². The van der Waals surface area contributed by atoms with E-state index in [4.69, 9.17) is 4.42 Å². The summed E-state index contributed by atoms with van der Waals surface area (Å²) < 4.78 is 30.4. The zero-order valence-electron chi connectivity index (χ0n) is 15.1. The van der Waals surface area contributed by atoms with Crippen LogP contribution in [0.15, 0.2) is 39.6 Å². The van der Waals surface area contributed by atoms with Crippen LogP contribution < -0.4 is 0 Å². The molecule has 0 N–H and O–H groups in total. The molecule has 8 heteroatoms. The van der Waals surface area contributed by atoms with Crippen LogP contribution >= 0.6 is 0 Å². The lowest BCUT2D eigenvalue weighted by molar-refractivity contribution is -0.131. The third-order valence-electron chi connectivity index (χ3n) is 5.27. The van der Waals surface area contributed by atoms with Gasteiger partial charge in [0.15, 0.2) is 9.84 Å². The zero-order chi connectivity index (χ0) is 18.9. The van der Waals surface area contributed by atoms with Gasteiger partial charge in [0.05, 0.1) is 10.6 Å². The van der Waals surface area contributed by atoms with E-state index in [1.807, 2.05) is 0 Å². The second kappa shape index (κ2) is 7.42. The number of carbonyl (C=O) groups excluding carboxylic acids is 1. The molecule has 0 bridgehead atoms. The number of amides is 1. The molecule has 7 nitrogen and oxygen atoms in total. The molecule has 2 heterocycles. The van der Waals surface area contributed by atoms with Gasteiger partial charge in [0, 0.05) is 31.3 Å². The molecule has 1 amide bonds. The minimum Gasteiger partial charge on any atom is -0.425 e. The van der Waals surface area contributed by atoms with Gasteiger partial charge in [-0.05, 0) is 37.8 Å². The Bertz CT molecular complexity index is 898. The molecule has 1 saturated carbocycles. The van der Waals surface area contributed by atoms with Crippen molar-refractivity contribution in [2.24, 2.45) is 0 Å². The fraction of sp³-hybridized carbons (Fsp3) is 0.526. The van der Waals surface area contributed by atoms with Gasteiger partial charge in [0.25, 0.3) is 0 Å². The number of piperidine rings is 1. The average Bonchev–Trinajstić information content (AvgIpc) is 3.44. The molecule has 0 spiro atoms. The molecule has 1 aliphatic heterocycles. The van der Waals surface area contributed by atoms with E-state index >= 15 is 0 Å². The van der Waals surface area contributed by atoms with Crippen LogP contribution in [0.4, 0.5) is 0 Å². The molecule has 2 aromatic rings. The summed E-state index contributed by atoms with van der Waals surface area (Å²) in [5.41, 5.74) is 0. The quantitative estimate of drug-likeness (QED) is 0.754. The molecule has 27 heavy (non-hydrogen) atoms. The number of benzene rings is 1. The van der Waals surface area contributed by atoms with Crippen LogP contribution in [0.25, 0.3) is 0 Å². The number of aromatic nitrogens is 2. The van der Waals surface area contributed by atoms with E-state index in [2.05, 4.69) is 10.2 Å². The highest BCUT2D eigenvalue weighted by Gasteiger charge is 2.32. The monoisotopic (exact) mass is 389 g/mol. The second-order valence-corrected chi connectivity index (χ2v) is 9.40. The summed E-state index contributed by atoms with van der Waals surface area (Å²) in [7, 11) is -3.43.